The summed E-state index contributed by atoms with van der Waals surface area (Å²) in [5, 5.41) is 12.5. The van der Waals surface area contributed by atoms with Crippen molar-refractivity contribution in [2.45, 2.75) is 43.9 Å². The third-order valence-electron chi connectivity index (χ3n) is 9.33. The fourth-order valence-electron chi connectivity index (χ4n) is 7.85. The van der Waals surface area contributed by atoms with Gasteiger partial charge in [0.05, 0.1) is 20.3 Å². The second-order valence-corrected chi connectivity index (χ2v) is 12.1. The summed E-state index contributed by atoms with van der Waals surface area (Å²) in [5.41, 5.74) is 3.18. The van der Waals surface area contributed by atoms with Gasteiger partial charge in [-0.2, -0.15) is 5.26 Å². The maximum atomic E-state index is 12.7. The van der Waals surface area contributed by atoms with Crippen LogP contribution < -0.4 is 14.8 Å². The second-order valence-electron chi connectivity index (χ2n) is 12.1. The van der Waals surface area contributed by atoms with Gasteiger partial charge in [-0.1, -0.05) is 18.2 Å². The number of benzene rings is 2. The van der Waals surface area contributed by atoms with E-state index >= 15 is 0 Å². The summed E-state index contributed by atoms with van der Waals surface area (Å²) in [5.74, 6) is 2.90. The van der Waals surface area contributed by atoms with Crippen molar-refractivity contribution in [1.82, 2.24) is 4.90 Å². The molecule has 2 aromatic rings. The number of anilines is 1. The summed E-state index contributed by atoms with van der Waals surface area (Å²) >= 11 is 0. The fourth-order valence-corrected chi connectivity index (χ4v) is 7.85. The summed E-state index contributed by atoms with van der Waals surface area (Å²) in [6.45, 7) is 1.67. The number of carbonyl (C=O) groups is 2. The van der Waals surface area contributed by atoms with E-state index in [1.807, 2.05) is 18.2 Å². The Morgan fingerprint density at radius 1 is 1.02 bits per heavy atom. The van der Waals surface area contributed by atoms with Crippen molar-refractivity contribution in [3.63, 3.8) is 0 Å². The highest BCUT2D eigenvalue weighted by atomic mass is 16.5. The first-order valence-electron chi connectivity index (χ1n) is 14.6. The molecule has 5 fully saturated rings. The Kier molecular flexibility index (Phi) is 7.72. The van der Waals surface area contributed by atoms with Gasteiger partial charge in [-0.15, -0.1) is 0 Å². The third kappa shape index (κ3) is 5.82. The number of carbonyl (C=O) groups excluding carboxylic acids is 2. The standard InChI is InChI=1S/C33H37N3O5/c1-39-30-16-22(15-26(20-34)32(38)36-8-10-40-11-9-36)2-7-29(30)41-21-31(37)35-28-5-3-27(4-6-28)33-17-23-12-24(18-33)14-25(13-23)19-33/h2-7,15-16,23-25H,8-14,17-19,21H2,1H3,(H,35,37)/b26-15-. The molecule has 8 heteroatoms. The SMILES string of the molecule is COc1cc(/C=C(/C#N)C(=O)N2CCOCC2)ccc1OCC(=O)Nc1ccc(C23CC4CC(CC(C4)C2)C3)cc1. The molecular weight excluding hydrogens is 518 g/mol. The van der Waals surface area contributed by atoms with Crippen LogP contribution in [0.15, 0.2) is 48.0 Å². The van der Waals surface area contributed by atoms with Gasteiger partial charge in [0.15, 0.2) is 18.1 Å². The average molecular weight is 556 g/mol. The number of nitriles is 1. The zero-order chi connectivity index (χ0) is 28.4. The average Bonchev–Trinajstić information content (AvgIpc) is 2.99. The number of nitrogens with one attached hydrogen (secondary N) is 1. The summed E-state index contributed by atoms with van der Waals surface area (Å²) in [4.78, 5) is 27.0. The lowest BCUT2D eigenvalue weighted by atomic mass is 9.48. The molecule has 2 amide bonds. The van der Waals surface area contributed by atoms with Crippen molar-refractivity contribution in [2.75, 3.05) is 45.3 Å². The number of rotatable bonds is 8. The lowest BCUT2D eigenvalue weighted by molar-refractivity contribution is -0.130. The number of morpholine rings is 1. The van der Waals surface area contributed by atoms with Gasteiger partial charge in [0.25, 0.3) is 11.8 Å². The molecule has 1 aliphatic heterocycles. The highest BCUT2D eigenvalue weighted by Gasteiger charge is 2.51. The van der Waals surface area contributed by atoms with Gasteiger partial charge in [-0.3, -0.25) is 9.59 Å². The van der Waals surface area contributed by atoms with Crippen LogP contribution >= 0.6 is 0 Å². The van der Waals surface area contributed by atoms with Crippen LogP contribution in [0, 0.1) is 29.1 Å². The minimum absolute atomic E-state index is 0.0382. The fraction of sp³-hybridized carbons (Fsp3) is 0.485. The van der Waals surface area contributed by atoms with E-state index in [1.165, 1.54) is 57.3 Å². The van der Waals surface area contributed by atoms with E-state index in [9.17, 15) is 14.9 Å². The zero-order valence-electron chi connectivity index (χ0n) is 23.6. The van der Waals surface area contributed by atoms with Gasteiger partial charge >= 0.3 is 0 Å². The number of hydrogen-bond donors (Lipinski definition) is 1. The molecule has 5 aliphatic rings. The minimum atomic E-state index is -0.322. The van der Waals surface area contributed by atoms with Crippen LogP contribution in [0.2, 0.25) is 0 Å². The van der Waals surface area contributed by atoms with E-state index in [1.54, 1.807) is 23.1 Å². The van der Waals surface area contributed by atoms with Crippen LogP contribution in [-0.4, -0.2) is 56.7 Å². The second kappa shape index (κ2) is 11.6. The van der Waals surface area contributed by atoms with Crippen molar-refractivity contribution in [2.24, 2.45) is 17.8 Å². The molecule has 0 aromatic heterocycles. The van der Waals surface area contributed by atoms with Crippen molar-refractivity contribution < 1.29 is 23.8 Å². The predicted molar refractivity (Wildman–Crippen MR) is 154 cm³/mol. The third-order valence-corrected chi connectivity index (χ3v) is 9.33. The largest absolute Gasteiger partial charge is 0.493 e. The Balaban J connectivity index is 1.06. The molecule has 1 heterocycles. The Labute approximate surface area is 241 Å². The highest BCUT2D eigenvalue weighted by molar-refractivity contribution is 6.01. The molecule has 8 nitrogen and oxygen atoms in total. The lowest BCUT2D eigenvalue weighted by Gasteiger charge is -2.57. The maximum absolute atomic E-state index is 12.7. The number of ether oxygens (including phenoxy) is 3. The van der Waals surface area contributed by atoms with Crippen LogP contribution in [0.5, 0.6) is 11.5 Å². The van der Waals surface area contributed by atoms with Crippen molar-refractivity contribution in [1.29, 1.82) is 5.26 Å². The lowest BCUT2D eigenvalue weighted by Crippen LogP contribution is -2.48. The first-order chi connectivity index (χ1) is 19.9. The van der Waals surface area contributed by atoms with Gasteiger partial charge < -0.3 is 24.4 Å². The molecule has 4 aliphatic carbocycles. The molecule has 41 heavy (non-hydrogen) atoms. The Morgan fingerprint density at radius 3 is 2.29 bits per heavy atom. The zero-order valence-corrected chi connectivity index (χ0v) is 23.6. The molecule has 0 atom stereocenters. The number of amides is 2. The van der Waals surface area contributed by atoms with Gasteiger partial charge in [0, 0.05) is 18.8 Å². The molecule has 7 rings (SSSR count). The summed E-state index contributed by atoms with van der Waals surface area (Å²) in [6, 6.07) is 15.5. The van der Waals surface area contributed by atoms with E-state index in [0.717, 1.165) is 23.4 Å². The molecule has 4 saturated carbocycles. The Hall–Kier alpha value is -3.83. The van der Waals surface area contributed by atoms with Crippen molar-refractivity contribution >= 4 is 23.6 Å². The molecule has 2 aromatic carbocycles. The van der Waals surface area contributed by atoms with E-state index in [0.29, 0.717) is 48.8 Å². The monoisotopic (exact) mass is 555 g/mol. The van der Waals surface area contributed by atoms with E-state index in [-0.39, 0.29) is 24.0 Å². The quantitative estimate of drug-likeness (QED) is 0.366. The first-order valence-corrected chi connectivity index (χ1v) is 14.6. The molecule has 214 valence electrons. The van der Waals surface area contributed by atoms with Crippen LogP contribution in [0.4, 0.5) is 5.69 Å². The number of methoxy groups -OCH3 is 1. The molecule has 4 bridgehead atoms. The topological polar surface area (TPSA) is 101 Å². The van der Waals surface area contributed by atoms with E-state index in [4.69, 9.17) is 14.2 Å². The van der Waals surface area contributed by atoms with E-state index < -0.39 is 0 Å². The van der Waals surface area contributed by atoms with Crippen molar-refractivity contribution in [3.05, 3.63) is 59.2 Å². The van der Waals surface area contributed by atoms with Crippen LogP contribution in [0.1, 0.15) is 49.7 Å². The molecular formula is C33H37N3O5. The smallest absolute Gasteiger partial charge is 0.264 e. The first kappa shape index (κ1) is 27.3. The molecule has 1 saturated heterocycles. The summed E-state index contributed by atoms with van der Waals surface area (Å²) < 4.78 is 16.5. The molecule has 0 spiro atoms. The predicted octanol–water partition coefficient (Wildman–Crippen LogP) is 4.95. The number of hydrogen-bond acceptors (Lipinski definition) is 6. The Bertz CT molecular complexity index is 1330. The van der Waals surface area contributed by atoms with Gasteiger partial charge in [-0.25, -0.2) is 0 Å². The van der Waals surface area contributed by atoms with Gasteiger partial charge in [0.2, 0.25) is 0 Å². The van der Waals surface area contributed by atoms with Crippen LogP contribution in [0.25, 0.3) is 6.08 Å². The van der Waals surface area contributed by atoms with Crippen molar-refractivity contribution in [3.8, 4) is 17.6 Å². The molecule has 0 radical (unpaired) electrons. The minimum Gasteiger partial charge on any atom is -0.493 e. The normalized spacial score (nSPS) is 26.8. The van der Waals surface area contributed by atoms with Crippen LogP contribution in [0.3, 0.4) is 0 Å². The van der Waals surface area contributed by atoms with Gasteiger partial charge in [0.1, 0.15) is 11.6 Å². The van der Waals surface area contributed by atoms with E-state index in [2.05, 4.69) is 17.4 Å². The highest BCUT2D eigenvalue weighted by Crippen LogP contribution is 2.60. The van der Waals surface area contributed by atoms with Crippen LogP contribution in [-0.2, 0) is 19.7 Å². The maximum Gasteiger partial charge on any atom is 0.264 e. The van der Waals surface area contributed by atoms with Gasteiger partial charge in [-0.05, 0) is 103 Å². The number of nitrogens with zero attached hydrogens (tertiary/aromatic N) is 2. The summed E-state index contributed by atoms with van der Waals surface area (Å²) in [6.07, 6.45) is 9.75. The molecule has 0 unspecified atom stereocenters. The summed E-state index contributed by atoms with van der Waals surface area (Å²) in [7, 11) is 1.51. The Morgan fingerprint density at radius 2 is 1.68 bits per heavy atom. The molecule has 1 N–H and O–H groups in total.